The maximum Gasteiger partial charge on any atom is 0.0708 e. The Morgan fingerprint density at radius 2 is 1.60 bits per heavy atom. The zero-order chi connectivity index (χ0) is 17.5. The van der Waals surface area contributed by atoms with Gasteiger partial charge in [0, 0.05) is 16.5 Å². The molecule has 3 rings (SSSR count). The van der Waals surface area contributed by atoms with Crippen molar-refractivity contribution in [1.82, 2.24) is 4.98 Å². The van der Waals surface area contributed by atoms with E-state index in [2.05, 4.69) is 62.1 Å². The number of aromatic nitrogens is 1. The van der Waals surface area contributed by atoms with Gasteiger partial charge in [-0.3, -0.25) is 4.98 Å². The Balaban J connectivity index is 2.01. The lowest BCUT2D eigenvalue weighted by Crippen LogP contribution is -2.00. The molecule has 0 amide bonds. The lowest BCUT2D eigenvalue weighted by atomic mass is 9.98. The third kappa shape index (κ3) is 4.28. The highest BCUT2D eigenvalue weighted by atomic mass is 14.7. The van der Waals surface area contributed by atoms with E-state index in [1.807, 2.05) is 18.2 Å². The molecule has 0 saturated carbocycles. The van der Waals surface area contributed by atoms with Crippen molar-refractivity contribution in [3.8, 4) is 11.8 Å². The third-order valence-electron chi connectivity index (χ3n) is 4.60. The summed E-state index contributed by atoms with van der Waals surface area (Å²) in [6, 6.07) is 18.6. The number of aryl methyl sites for hydroxylation is 2. The first-order valence-corrected chi connectivity index (χ1v) is 9.25. The van der Waals surface area contributed by atoms with Gasteiger partial charge >= 0.3 is 0 Å². The molecule has 2 aromatic carbocycles. The summed E-state index contributed by atoms with van der Waals surface area (Å²) < 4.78 is 0. The normalized spacial score (nSPS) is 10.5. The van der Waals surface area contributed by atoms with Crippen molar-refractivity contribution in [2.24, 2.45) is 0 Å². The van der Waals surface area contributed by atoms with Gasteiger partial charge in [0.1, 0.15) is 0 Å². The van der Waals surface area contributed by atoms with Gasteiger partial charge in [-0.1, -0.05) is 74.4 Å². The fourth-order valence-corrected chi connectivity index (χ4v) is 3.16. The van der Waals surface area contributed by atoms with E-state index in [9.17, 15) is 0 Å². The van der Waals surface area contributed by atoms with Gasteiger partial charge in [-0.2, -0.15) is 0 Å². The monoisotopic (exact) mass is 327 g/mol. The van der Waals surface area contributed by atoms with Crippen molar-refractivity contribution >= 4 is 10.9 Å². The quantitative estimate of drug-likeness (QED) is 0.409. The second-order valence-electron chi connectivity index (χ2n) is 6.50. The van der Waals surface area contributed by atoms with Crippen LogP contribution in [0.1, 0.15) is 55.0 Å². The molecule has 1 heterocycles. The lowest BCUT2D eigenvalue weighted by molar-refractivity contribution is 0.661. The van der Waals surface area contributed by atoms with E-state index in [-0.39, 0.29) is 0 Å². The molecule has 0 aliphatic carbocycles. The smallest absolute Gasteiger partial charge is 0.0708 e. The number of hydrogen-bond acceptors (Lipinski definition) is 1. The van der Waals surface area contributed by atoms with Crippen LogP contribution < -0.4 is 0 Å². The molecular formula is C24H25N. The van der Waals surface area contributed by atoms with Gasteiger partial charge < -0.3 is 0 Å². The van der Waals surface area contributed by atoms with Gasteiger partial charge in [-0.15, -0.1) is 0 Å². The van der Waals surface area contributed by atoms with Gasteiger partial charge in [-0.25, -0.2) is 0 Å². The summed E-state index contributed by atoms with van der Waals surface area (Å²) in [7, 11) is 0. The number of fused-ring (bicyclic) bond motifs is 1. The molecule has 0 radical (unpaired) electrons. The Morgan fingerprint density at radius 1 is 0.840 bits per heavy atom. The van der Waals surface area contributed by atoms with Gasteiger partial charge in [0.2, 0.25) is 0 Å². The molecule has 1 aromatic heterocycles. The summed E-state index contributed by atoms with van der Waals surface area (Å²) >= 11 is 0. The molecule has 3 aromatic rings. The first-order valence-electron chi connectivity index (χ1n) is 9.25. The van der Waals surface area contributed by atoms with Crippen LogP contribution in [0.15, 0.2) is 54.6 Å². The van der Waals surface area contributed by atoms with Crippen molar-refractivity contribution in [3.05, 3.63) is 77.0 Å². The van der Waals surface area contributed by atoms with Crippen molar-refractivity contribution in [2.45, 2.75) is 46.0 Å². The van der Waals surface area contributed by atoms with E-state index in [0.29, 0.717) is 0 Å². The minimum Gasteiger partial charge on any atom is -0.252 e. The Labute approximate surface area is 151 Å². The third-order valence-corrected chi connectivity index (χ3v) is 4.60. The summed E-state index contributed by atoms with van der Waals surface area (Å²) in [4.78, 5) is 4.94. The largest absolute Gasteiger partial charge is 0.252 e. The molecule has 0 spiro atoms. The van der Waals surface area contributed by atoms with Crippen LogP contribution in [0.3, 0.4) is 0 Å². The standard InChI is InChI=1S/C24H25N/c1-3-4-5-9-15-24-22(18-17-20-12-7-6-8-13-20)19(2)21-14-10-11-16-23(21)25-24/h6-8,10-14,16H,3-5,9,15H2,1-2H3. The average molecular weight is 327 g/mol. The second-order valence-corrected chi connectivity index (χ2v) is 6.50. The van der Waals surface area contributed by atoms with Gasteiger partial charge in [0.15, 0.2) is 0 Å². The maximum absolute atomic E-state index is 4.94. The fraction of sp³-hybridized carbons (Fsp3) is 0.292. The Bertz CT molecular complexity index is 898. The summed E-state index contributed by atoms with van der Waals surface area (Å²) in [5.74, 6) is 6.74. The van der Waals surface area contributed by atoms with Gasteiger partial charge in [0.05, 0.1) is 11.2 Å². The number of para-hydroxylation sites is 1. The van der Waals surface area contributed by atoms with Crippen molar-refractivity contribution < 1.29 is 0 Å². The van der Waals surface area contributed by atoms with Gasteiger partial charge in [0.25, 0.3) is 0 Å². The zero-order valence-corrected chi connectivity index (χ0v) is 15.2. The minimum atomic E-state index is 1.00. The molecule has 0 aliphatic heterocycles. The highest BCUT2D eigenvalue weighted by Crippen LogP contribution is 2.23. The number of rotatable bonds is 5. The molecule has 0 atom stereocenters. The van der Waals surface area contributed by atoms with Crippen molar-refractivity contribution in [2.75, 3.05) is 0 Å². The van der Waals surface area contributed by atoms with Crippen LogP contribution in [-0.4, -0.2) is 4.98 Å². The van der Waals surface area contributed by atoms with Gasteiger partial charge in [-0.05, 0) is 43.5 Å². The minimum absolute atomic E-state index is 1.00. The van der Waals surface area contributed by atoms with Crippen LogP contribution >= 0.6 is 0 Å². The highest BCUT2D eigenvalue weighted by molar-refractivity contribution is 5.84. The molecule has 0 bridgehead atoms. The van der Waals surface area contributed by atoms with E-state index in [0.717, 1.165) is 28.8 Å². The van der Waals surface area contributed by atoms with E-state index >= 15 is 0 Å². The van der Waals surface area contributed by atoms with E-state index < -0.39 is 0 Å². The van der Waals surface area contributed by atoms with Crippen LogP contribution in [0.5, 0.6) is 0 Å². The molecule has 0 fully saturated rings. The van der Waals surface area contributed by atoms with Crippen molar-refractivity contribution in [1.29, 1.82) is 0 Å². The molecule has 0 unspecified atom stereocenters. The Hall–Kier alpha value is -2.59. The highest BCUT2D eigenvalue weighted by Gasteiger charge is 2.10. The number of nitrogens with zero attached hydrogens (tertiary/aromatic N) is 1. The molecule has 0 N–H and O–H groups in total. The first-order chi connectivity index (χ1) is 12.3. The molecule has 0 aliphatic rings. The average Bonchev–Trinajstić information content (AvgIpc) is 2.66. The van der Waals surface area contributed by atoms with E-state index in [1.54, 1.807) is 0 Å². The van der Waals surface area contributed by atoms with Crippen LogP contribution in [0.2, 0.25) is 0 Å². The maximum atomic E-state index is 4.94. The van der Waals surface area contributed by atoms with E-state index in [1.165, 1.54) is 36.6 Å². The molecule has 25 heavy (non-hydrogen) atoms. The van der Waals surface area contributed by atoms with Crippen LogP contribution in [-0.2, 0) is 6.42 Å². The number of pyridine rings is 1. The summed E-state index contributed by atoms with van der Waals surface area (Å²) in [5.41, 5.74) is 5.64. The Morgan fingerprint density at radius 3 is 2.40 bits per heavy atom. The molecular weight excluding hydrogens is 302 g/mol. The zero-order valence-electron chi connectivity index (χ0n) is 15.2. The molecule has 0 saturated heterocycles. The topological polar surface area (TPSA) is 12.9 Å². The number of hydrogen-bond donors (Lipinski definition) is 0. The number of benzene rings is 2. The lowest BCUT2D eigenvalue weighted by Gasteiger charge is -2.11. The molecule has 126 valence electrons. The van der Waals surface area contributed by atoms with Crippen LogP contribution in [0, 0.1) is 18.8 Å². The first kappa shape index (κ1) is 17.2. The second kappa shape index (κ2) is 8.49. The fourth-order valence-electron chi connectivity index (χ4n) is 3.16. The van der Waals surface area contributed by atoms with Crippen molar-refractivity contribution in [3.63, 3.8) is 0 Å². The summed E-state index contributed by atoms with van der Waals surface area (Å²) in [6.45, 7) is 4.42. The predicted molar refractivity (Wildman–Crippen MR) is 107 cm³/mol. The summed E-state index contributed by atoms with van der Waals surface area (Å²) in [5, 5.41) is 1.21. The predicted octanol–water partition coefficient (Wildman–Crippen LogP) is 6.07. The van der Waals surface area contributed by atoms with Crippen LogP contribution in [0.4, 0.5) is 0 Å². The molecule has 1 nitrogen and oxygen atoms in total. The molecule has 1 heteroatoms. The van der Waals surface area contributed by atoms with Crippen LogP contribution in [0.25, 0.3) is 10.9 Å². The Kier molecular flexibility index (Phi) is 5.86. The van der Waals surface area contributed by atoms with E-state index in [4.69, 9.17) is 4.98 Å². The number of unbranched alkanes of at least 4 members (excludes halogenated alkanes) is 3. The summed E-state index contributed by atoms with van der Waals surface area (Å²) in [6.07, 6.45) is 5.99. The SMILES string of the molecule is CCCCCCc1nc2ccccc2c(C)c1C#Cc1ccccc1.